The third-order valence-electron chi connectivity index (χ3n) is 6.08. The van der Waals surface area contributed by atoms with Gasteiger partial charge in [0.05, 0.1) is 0 Å². The van der Waals surface area contributed by atoms with Gasteiger partial charge in [-0.2, -0.15) is 11.8 Å². The fourth-order valence-electron chi connectivity index (χ4n) is 4.32. The Morgan fingerprint density at radius 2 is 1.78 bits per heavy atom. The third-order valence-corrected chi connectivity index (χ3v) is 7.24. The van der Waals surface area contributed by atoms with Gasteiger partial charge in [-0.25, -0.2) is 0 Å². The lowest BCUT2D eigenvalue weighted by Crippen LogP contribution is -2.60. The first-order valence-electron chi connectivity index (χ1n) is 9.88. The van der Waals surface area contributed by atoms with Gasteiger partial charge in [0.25, 0.3) is 0 Å². The van der Waals surface area contributed by atoms with Crippen LogP contribution in [0.2, 0.25) is 0 Å². The number of benzene rings is 2. The van der Waals surface area contributed by atoms with Gasteiger partial charge in [0, 0.05) is 31.2 Å². The van der Waals surface area contributed by atoms with Gasteiger partial charge in [0.2, 0.25) is 5.91 Å². The lowest BCUT2D eigenvalue weighted by Gasteiger charge is -2.38. The molecule has 1 fully saturated rings. The molecule has 2 aromatic carbocycles. The van der Waals surface area contributed by atoms with Crippen LogP contribution in [0, 0.1) is 0 Å². The van der Waals surface area contributed by atoms with E-state index < -0.39 is 5.54 Å². The van der Waals surface area contributed by atoms with Crippen molar-refractivity contribution in [1.82, 2.24) is 10.2 Å². The first-order chi connectivity index (χ1) is 13.2. The smallest absolute Gasteiger partial charge is 0.241 e. The molecule has 1 N–H and O–H groups in total. The van der Waals surface area contributed by atoms with Crippen LogP contribution in [0.3, 0.4) is 0 Å². The molecule has 1 unspecified atom stereocenters. The molecule has 1 atom stereocenters. The zero-order valence-corrected chi connectivity index (χ0v) is 16.8. The maximum Gasteiger partial charge on any atom is 0.241 e. The van der Waals surface area contributed by atoms with Crippen LogP contribution in [0.25, 0.3) is 0 Å². The fourth-order valence-corrected chi connectivity index (χ4v) is 5.47. The van der Waals surface area contributed by atoms with Crippen LogP contribution in [-0.4, -0.2) is 47.5 Å². The Balaban J connectivity index is 1.53. The number of hydrogen-bond donors (Lipinski definition) is 1. The van der Waals surface area contributed by atoms with E-state index in [1.807, 2.05) is 11.8 Å². The first-order valence-corrected chi connectivity index (χ1v) is 11.0. The SMILES string of the molecule is CN(CCc1ccccc1)C1(C(=O)NC2CCSC2)Cc2ccccc2C1. The molecular weight excluding hydrogens is 352 g/mol. The van der Waals surface area contributed by atoms with Crippen molar-refractivity contribution in [3.8, 4) is 0 Å². The summed E-state index contributed by atoms with van der Waals surface area (Å²) in [6, 6.07) is 19.4. The normalized spacial score (nSPS) is 20.6. The van der Waals surface area contributed by atoms with Gasteiger partial charge in [-0.15, -0.1) is 0 Å². The molecule has 2 aliphatic rings. The Morgan fingerprint density at radius 1 is 1.11 bits per heavy atom. The predicted octanol–water partition coefficient (Wildman–Crippen LogP) is 3.32. The highest BCUT2D eigenvalue weighted by Crippen LogP contribution is 2.35. The molecule has 142 valence electrons. The Bertz CT molecular complexity index is 761. The molecule has 0 spiro atoms. The van der Waals surface area contributed by atoms with Crippen molar-refractivity contribution in [3.63, 3.8) is 0 Å². The minimum atomic E-state index is -0.467. The second-order valence-corrected chi connectivity index (χ2v) is 8.99. The van der Waals surface area contributed by atoms with E-state index in [-0.39, 0.29) is 5.91 Å². The lowest BCUT2D eigenvalue weighted by atomic mass is 9.91. The summed E-state index contributed by atoms with van der Waals surface area (Å²) in [7, 11) is 2.12. The summed E-state index contributed by atoms with van der Waals surface area (Å²) in [5.41, 5.74) is 3.49. The van der Waals surface area contributed by atoms with Crippen LogP contribution < -0.4 is 5.32 Å². The van der Waals surface area contributed by atoms with Crippen molar-refractivity contribution in [2.45, 2.75) is 37.3 Å². The summed E-state index contributed by atoms with van der Waals surface area (Å²) in [5, 5.41) is 3.37. The van der Waals surface area contributed by atoms with Crippen molar-refractivity contribution in [2.75, 3.05) is 25.1 Å². The number of thioether (sulfide) groups is 1. The van der Waals surface area contributed by atoms with Crippen LogP contribution in [-0.2, 0) is 24.1 Å². The fraction of sp³-hybridized carbons (Fsp3) is 0.435. The number of carbonyl (C=O) groups is 1. The number of hydrogen-bond acceptors (Lipinski definition) is 3. The van der Waals surface area contributed by atoms with Crippen LogP contribution >= 0.6 is 11.8 Å². The van der Waals surface area contributed by atoms with E-state index in [2.05, 4.69) is 71.9 Å². The van der Waals surface area contributed by atoms with Gasteiger partial charge in [-0.3, -0.25) is 9.69 Å². The topological polar surface area (TPSA) is 32.3 Å². The van der Waals surface area contributed by atoms with Crippen LogP contribution in [0.1, 0.15) is 23.1 Å². The Morgan fingerprint density at radius 3 is 2.41 bits per heavy atom. The van der Waals surface area contributed by atoms with E-state index in [9.17, 15) is 4.79 Å². The molecule has 1 aliphatic carbocycles. The quantitative estimate of drug-likeness (QED) is 0.834. The number of carbonyl (C=O) groups excluding carboxylic acids is 1. The second kappa shape index (κ2) is 8.07. The number of nitrogens with one attached hydrogen (secondary N) is 1. The number of fused-ring (bicyclic) bond motifs is 1. The minimum absolute atomic E-state index is 0.210. The molecule has 3 nitrogen and oxygen atoms in total. The van der Waals surface area contributed by atoms with Crippen molar-refractivity contribution in [3.05, 3.63) is 71.3 Å². The summed E-state index contributed by atoms with van der Waals surface area (Å²) in [6.07, 6.45) is 3.66. The molecule has 4 rings (SSSR count). The largest absolute Gasteiger partial charge is 0.351 e. The van der Waals surface area contributed by atoms with E-state index in [4.69, 9.17) is 0 Å². The average Bonchev–Trinajstić information content (AvgIpc) is 3.34. The van der Waals surface area contributed by atoms with Crippen molar-refractivity contribution >= 4 is 17.7 Å². The van der Waals surface area contributed by atoms with Crippen LogP contribution in [0.4, 0.5) is 0 Å². The molecule has 1 aliphatic heterocycles. The minimum Gasteiger partial charge on any atom is -0.351 e. The Kier molecular flexibility index (Phi) is 5.55. The Labute approximate surface area is 166 Å². The van der Waals surface area contributed by atoms with Crippen molar-refractivity contribution < 1.29 is 4.79 Å². The zero-order valence-electron chi connectivity index (χ0n) is 16.0. The van der Waals surface area contributed by atoms with E-state index in [1.165, 1.54) is 16.7 Å². The maximum atomic E-state index is 13.5. The van der Waals surface area contributed by atoms with E-state index in [1.54, 1.807) is 0 Å². The third kappa shape index (κ3) is 3.92. The predicted molar refractivity (Wildman–Crippen MR) is 113 cm³/mol. The van der Waals surface area contributed by atoms with Gasteiger partial charge in [-0.05, 0) is 42.3 Å². The van der Waals surface area contributed by atoms with Crippen LogP contribution in [0.5, 0.6) is 0 Å². The molecule has 1 heterocycles. The van der Waals surface area contributed by atoms with Crippen LogP contribution in [0.15, 0.2) is 54.6 Å². The molecule has 0 saturated carbocycles. The maximum absolute atomic E-state index is 13.5. The number of amides is 1. The molecular formula is C23H28N2OS. The standard InChI is InChI=1S/C23H28N2OS/c1-25(13-11-18-7-3-2-4-8-18)23(22(26)24-21-12-14-27-17-21)15-19-9-5-6-10-20(19)16-23/h2-10,21H,11-17H2,1H3,(H,24,26). The molecule has 4 heteroatoms. The average molecular weight is 381 g/mol. The zero-order chi connectivity index (χ0) is 18.7. The molecule has 27 heavy (non-hydrogen) atoms. The highest BCUT2D eigenvalue weighted by molar-refractivity contribution is 7.99. The number of nitrogens with zero attached hydrogens (tertiary/aromatic N) is 1. The number of rotatable bonds is 6. The summed E-state index contributed by atoms with van der Waals surface area (Å²) < 4.78 is 0. The molecule has 0 radical (unpaired) electrons. The molecule has 2 aromatic rings. The van der Waals surface area contributed by atoms with E-state index in [0.29, 0.717) is 6.04 Å². The monoisotopic (exact) mass is 380 g/mol. The summed E-state index contributed by atoms with van der Waals surface area (Å²) in [6.45, 7) is 0.880. The van der Waals surface area contributed by atoms with Gasteiger partial charge >= 0.3 is 0 Å². The summed E-state index contributed by atoms with van der Waals surface area (Å²) in [5.74, 6) is 2.41. The molecule has 0 bridgehead atoms. The van der Waals surface area contributed by atoms with Gasteiger partial charge < -0.3 is 5.32 Å². The second-order valence-electron chi connectivity index (χ2n) is 7.84. The highest BCUT2D eigenvalue weighted by atomic mass is 32.2. The lowest BCUT2D eigenvalue weighted by molar-refractivity contribution is -0.133. The van der Waals surface area contributed by atoms with Gasteiger partial charge in [-0.1, -0.05) is 54.6 Å². The summed E-state index contributed by atoms with van der Waals surface area (Å²) in [4.78, 5) is 15.8. The molecule has 1 amide bonds. The van der Waals surface area contributed by atoms with E-state index >= 15 is 0 Å². The molecule has 0 aromatic heterocycles. The first kappa shape index (κ1) is 18.6. The number of likely N-dealkylation sites (N-methyl/N-ethyl adjacent to an activating group) is 1. The van der Waals surface area contributed by atoms with Gasteiger partial charge in [0.15, 0.2) is 0 Å². The van der Waals surface area contributed by atoms with Crippen molar-refractivity contribution in [2.24, 2.45) is 0 Å². The van der Waals surface area contributed by atoms with Gasteiger partial charge in [0.1, 0.15) is 5.54 Å². The Hall–Kier alpha value is -1.78. The van der Waals surface area contributed by atoms with Crippen molar-refractivity contribution in [1.29, 1.82) is 0 Å². The molecule has 1 saturated heterocycles. The highest BCUT2D eigenvalue weighted by Gasteiger charge is 2.47. The van der Waals surface area contributed by atoms with E-state index in [0.717, 1.165) is 43.7 Å². The summed E-state index contributed by atoms with van der Waals surface area (Å²) >= 11 is 1.94.